The van der Waals surface area contributed by atoms with E-state index in [2.05, 4.69) is 15.4 Å². The van der Waals surface area contributed by atoms with Crippen LogP contribution in [0.5, 0.6) is 17.2 Å². The van der Waals surface area contributed by atoms with E-state index >= 15 is 0 Å². The number of halogens is 2. The lowest BCUT2D eigenvalue weighted by molar-refractivity contribution is -0.120. The van der Waals surface area contributed by atoms with Gasteiger partial charge in [-0.05, 0) is 37.3 Å². The maximum atomic E-state index is 12.5. The fraction of sp³-hybridized carbons (Fsp3) is 0.300. The number of carbonyl (C=O) groups excluding carboxylic acids is 2. The molecule has 1 atom stereocenters. The van der Waals surface area contributed by atoms with E-state index in [4.69, 9.17) is 9.47 Å². The van der Waals surface area contributed by atoms with Crippen molar-refractivity contribution in [3.63, 3.8) is 0 Å². The fourth-order valence-corrected chi connectivity index (χ4v) is 2.66. The van der Waals surface area contributed by atoms with Gasteiger partial charge in [0.25, 0.3) is 5.91 Å². The van der Waals surface area contributed by atoms with Crippen LogP contribution in [0.2, 0.25) is 0 Å². The molecule has 7 nitrogen and oxygen atoms in total. The highest BCUT2D eigenvalue weighted by Crippen LogP contribution is 2.29. The van der Waals surface area contributed by atoms with Crippen molar-refractivity contribution in [3.05, 3.63) is 53.6 Å². The average Bonchev–Trinajstić information content (AvgIpc) is 2.71. The summed E-state index contributed by atoms with van der Waals surface area (Å²) in [5, 5.41) is 5.12. The summed E-state index contributed by atoms with van der Waals surface area (Å²) in [5.41, 5.74) is 0.602. The predicted molar refractivity (Wildman–Crippen MR) is 102 cm³/mol. The number of ether oxygens (including phenoxy) is 3. The van der Waals surface area contributed by atoms with Gasteiger partial charge >= 0.3 is 6.61 Å². The summed E-state index contributed by atoms with van der Waals surface area (Å²) >= 11 is 0. The first-order chi connectivity index (χ1) is 13.8. The number of nitrogens with one attached hydrogen (secondary N) is 2. The van der Waals surface area contributed by atoms with Crippen LogP contribution in [-0.2, 0) is 4.79 Å². The number of amides is 2. The standard InChI is InChI=1S/C20H22F2N2O5/c1-12(15-10-13(27-2)8-9-16(15)28-3)24-18(25)11-23-19(26)14-6-4-5-7-17(14)29-20(21)22/h4-10,12,20H,11H2,1-3H3,(H,23,26)(H,24,25)/t12-/m1/s1. The molecule has 2 amide bonds. The van der Waals surface area contributed by atoms with E-state index in [-0.39, 0.29) is 17.9 Å². The molecular weight excluding hydrogens is 386 g/mol. The summed E-state index contributed by atoms with van der Waals surface area (Å²) in [4.78, 5) is 24.5. The fourth-order valence-electron chi connectivity index (χ4n) is 2.66. The molecule has 9 heteroatoms. The van der Waals surface area contributed by atoms with Gasteiger partial charge in [0.05, 0.1) is 32.4 Å². The van der Waals surface area contributed by atoms with E-state index in [1.165, 1.54) is 38.5 Å². The van der Waals surface area contributed by atoms with Crippen LogP contribution in [0.15, 0.2) is 42.5 Å². The smallest absolute Gasteiger partial charge is 0.387 e. The Hall–Kier alpha value is -3.36. The van der Waals surface area contributed by atoms with E-state index in [9.17, 15) is 18.4 Å². The highest BCUT2D eigenvalue weighted by molar-refractivity contribution is 5.98. The molecule has 0 bridgehead atoms. The molecule has 0 spiro atoms. The largest absolute Gasteiger partial charge is 0.497 e. The van der Waals surface area contributed by atoms with Gasteiger partial charge in [-0.25, -0.2) is 0 Å². The number of para-hydroxylation sites is 1. The number of hydrogen-bond acceptors (Lipinski definition) is 5. The molecule has 156 valence electrons. The van der Waals surface area contributed by atoms with Crippen LogP contribution in [0, 0.1) is 0 Å². The Morgan fingerprint density at radius 3 is 2.41 bits per heavy atom. The Bertz CT molecular complexity index is 861. The number of carbonyl (C=O) groups is 2. The van der Waals surface area contributed by atoms with E-state index < -0.39 is 24.5 Å². The molecule has 2 rings (SSSR count). The summed E-state index contributed by atoms with van der Waals surface area (Å²) in [6.07, 6.45) is 0. The Labute approximate surface area is 167 Å². The summed E-state index contributed by atoms with van der Waals surface area (Å²) in [6.45, 7) is -1.66. The molecule has 0 unspecified atom stereocenters. The molecule has 0 fully saturated rings. The topological polar surface area (TPSA) is 85.9 Å². The molecule has 0 aliphatic heterocycles. The highest BCUT2D eigenvalue weighted by atomic mass is 19.3. The van der Waals surface area contributed by atoms with Crippen LogP contribution in [-0.4, -0.2) is 39.2 Å². The van der Waals surface area contributed by atoms with Gasteiger partial charge in [-0.2, -0.15) is 8.78 Å². The molecule has 0 aliphatic carbocycles. The second kappa shape index (κ2) is 10.3. The molecule has 0 saturated carbocycles. The lowest BCUT2D eigenvalue weighted by atomic mass is 10.1. The van der Waals surface area contributed by atoms with Crippen LogP contribution in [0.1, 0.15) is 28.9 Å². The van der Waals surface area contributed by atoms with E-state index in [0.717, 1.165) is 0 Å². The first-order valence-corrected chi connectivity index (χ1v) is 8.69. The van der Waals surface area contributed by atoms with Crippen LogP contribution in [0.4, 0.5) is 8.78 Å². The maximum absolute atomic E-state index is 12.5. The Morgan fingerprint density at radius 2 is 1.76 bits per heavy atom. The quantitative estimate of drug-likeness (QED) is 0.666. The molecule has 0 aromatic heterocycles. The number of benzene rings is 2. The Morgan fingerprint density at radius 1 is 1.03 bits per heavy atom. The van der Waals surface area contributed by atoms with Crippen molar-refractivity contribution in [1.82, 2.24) is 10.6 Å². The number of methoxy groups -OCH3 is 2. The third-order valence-corrected chi connectivity index (χ3v) is 4.04. The van der Waals surface area contributed by atoms with Gasteiger partial charge in [-0.3, -0.25) is 9.59 Å². The van der Waals surface area contributed by atoms with Crippen molar-refractivity contribution < 1.29 is 32.6 Å². The second-order valence-electron chi connectivity index (χ2n) is 5.95. The zero-order valence-electron chi connectivity index (χ0n) is 16.2. The zero-order valence-corrected chi connectivity index (χ0v) is 16.2. The van der Waals surface area contributed by atoms with Gasteiger partial charge in [0.15, 0.2) is 0 Å². The minimum atomic E-state index is -3.06. The first-order valence-electron chi connectivity index (χ1n) is 8.69. The van der Waals surface area contributed by atoms with E-state index in [1.807, 2.05) is 0 Å². The van der Waals surface area contributed by atoms with Gasteiger partial charge in [-0.1, -0.05) is 12.1 Å². The second-order valence-corrected chi connectivity index (χ2v) is 5.95. The number of hydrogen-bond donors (Lipinski definition) is 2. The van der Waals surface area contributed by atoms with Crippen LogP contribution >= 0.6 is 0 Å². The number of rotatable bonds is 9. The lowest BCUT2D eigenvalue weighted by Crippen LogP contribution is -2.38. The van der Waals surface area contributed by atoms with Crippen molar-refractivity contribution in [3.8, 4) is 17.2 Å². The monoisotopic (exact) mass is 408 g/mol. The van der Waals surface area contributed by atoms with Crippen molar-refractivity contribution in [1.29, 1.82) is 0 Å². The zero-order chi connectivity index (χ0) is 21.4. The molecule has 2 N–H and O–H groups in total. The molecule has 0 radical (unpaired) electrons. The molecular formula is C20H22F2N2O5. The SMILES string of the molecule is COc1ccc(OC)c([C@@H](C)NC(=O)CNC(=O)c2ccccc2OC(F)F)c1. The van der Waals surface area contributed by atoms with E-state index in [1.54, 1.807) is 25.1 Å². The third kappa shape index (κ3) is 6.06. The molecule has 0 aliphatic rings. The van der Waals surface area contributed by atoms with Crippen LogP contribution in [0.25, 0.3) is 0 Å². The average molecular weight is 408 g/mol. The molecule has 0 heterocycles. The minimum Gasteiger partial charge on any atom is -0.497 e. The van der Waals surface area contributed by atoms with Crippen molar-refractivity contribution in [2.75, 3.05) is 20.8 Å². The van der Waals surface area contributed by atoms with E-state index in [0.29, 0.717) is 17.1 Å². The van der Waals surface area contributed by atoms with Gasteiger partial charge < -0.3 is 24.8 Å². The van der Waals surface area contributed by atoms with Crippen molar-refractivity contribution in [2.24, 2.45) is 0 Å². The van der Waals surface area contributed by atoms with Crippen LogP contribution in [0.3, 0.4) is 0 Å². The highest BCUT2D eigenvalue weighted by Gasteiger charge is 2.18. The Kier molecular flexibility index (Phi) is 7.76. The van der Waals surface area contributed by atoms with Crippen LogP contribution < -0.4 is 24.8 Å². The molecule has 0 saturated heterocycles. The number of alkyl halides is 2. The van der Waals surface area contributed by atoms with Crippen molar-refractivity contribution in [2.45, 2.75) is 19.6 Å². The van der Waals surface area contributed by atoms with Crippen molar-refractivity contribution >= 4 is 11.8 Å². The first kappa shape index (κ1) is 21.9. The Balaban J connectivity index is 1.99. The van der Waals surface area contributed by atoms with Gasteiger partial charge in [0, 0.05) is 5.56 Å². The molecule has 2 aromatic carbocycles. The van der Waals surface area contributed by atoms with Gasteiger partial charge in [0.1, 0.15) is 17.2 Å². The third-order valence-electron chi connectivity index (χ3n) is 4.04. The summed E-state index contributed by atoms with van der Waals surface area (Å²) < 4.78 is 39.7. The van der Waals surface area contributed by atoms with Gasteiger partial charge in [0.2, 0.25) is 5.91 Å². The lowest BCUT2D eigenvalue weighted by Gasteiger charge is -2.18. The summed E-state index contributed by atoms with van der Waals surface area (Å²) in [6, 6.07) is 10.3. The molecule has 29 heavy (non-hydrogen) atoms. The maximum Gasteiger partial charge on any atom is 0.387 e. The minimum absolute atomic E-state index is 0.0943. The predicted octanol–water partition coefficient (Wildman–Crippen LogP) is 2.91. The van der Waals surface area contributed by atoms with Gasteiger partial charge in [-0.15, -0.1) is 0 Å². The normalized spacial score (nSPS) is 11.5. The summed E-state index contributed by atoms with van der Waals surface area (Å²) in [5.74, 6) is -0.271. The summed E-state index contributed by atoms with van der Waals surface area (Å²) in [7, 11) is 3.04. The molecule has 2 aromatic rings.